The molecule has 0 aromatic heterocycles. The summed E-state index contributed by atoms with van der Waals surface area (Å²) in [6.45, 7) is 2.82. The van der Waals surface area contributed by atoms with Crippen LogP contribution in [0.25, 0.3) is 0 Å². The lowest BCUT2D eigenvalue weighted by molar-refractivity contribution is 0.354. The summed E-state index contributed by atoms with van der Waals surface area (Å²) < 4.78 is 10.6. The molecule has 0 aliphatic carbocycles. The molecule has 0 radical (unpaired) electrons. The molecule has 1 N–H and O–H groups in total. The van der Waals surface area contributed by atoms with E-state index in [1.807, 2.05) is 49.2 Å². The van der Waals surface area contributed by atoms with Crippen molar-refractivity contribution in [3.05, 3.63) is 52.5 Å². The molecule has 2 aromatic rings. The van der Waals surface area contributed by atoms with Crippen LogP contribution < -0.4 is 14.8 Å². The lowest BCUT2D eigenvalue weighted by Gasteiger charge is -2.21. The Kier molecular flexibility index (Phi) is 7.54. The largest absolute Gasteiger partial charge is 0.493 e. The lowest BCUT2D eigenvalue weighted by atomic mass is 10.1. The molecule has 0 saturated heterocycles. The molecular formula is C20H25ClN2O2S. The van der Waals surface area contributed by atoms with Gasteiger partial charge in [-0.1, -0.05) is 23.7 Å². The highest BCUT2D eigenvalue weighted by Gasteiger charge is 2.08. The highest BCUT2D eigenvalue weighted by atomic mass is 35.5. The minimum atomic E-state index is 0.678. The van der Waals surface area contributed by atoms with E-state index in [4.69, 9.17) is 33.3 Å². The molecule has 0 bridgehead atoms. The molecule has 0 fully saturated rings. The molecule has 0 spiro atoms. The van der Waals surface area contributed by atoms with Crippen molar-refractivity contribution in [1.29, 1.82) is 0 Å². The van der Waals surface area contributed by atoms with Crippen LogP contribution in [0, 0.1) is 6.92 Å². The molecule has 0 aliphatic rings. The van der Waals surface area contributed by atoms with Crippen LogP contribution in [-0.2, 0) is 6.42 Å². The third-order valence-electron chi connectivity index (χ3n) is 4.18. The second-order valence-electron chi connectivity index (χ2n) is 6.11. The van der Waals surface area contributed by atoms with Gasteiger partial charge in [-0.2, -0.15) is 0 Å². The Morgan fingerprint density at radius 1 is 1.12 bits per heavy atom. The van der Waals surface area contributed by atoms with E-state index in [1.54, 1.807) is 14.2 Å². The van der Waals surface area contributed by atoms with E-state index in [-0.39, 0.29) is 0 Å². The Morgan fingerprint density at radius 2 is 1.85 bits per heavy atom. The number of ether oxygens (including phenoxy) is 2. The molecule has 0 heterocycles. The molecule has 4 nitrogen and oxygen atoms in total. The summed E-state index contributed by atoms with van der Waals surface area (Å²) in [5.41, 5.74) is 3.16. The van der Waals surface area contributed by atoms with Crippen LogP contribution in [0.5, 0.6) is 11.5 Å². The third-order valence-corrected chi connectivity index (χ3v) is 5.00. The van der Waals surface area contributed by atoms with E-state index < -0.39 is 0 Å². The molecule has 140 valence electrons. The van der Waals surface area contributed by atoms with Gasteiger partial charge >= 0.3 is 0 Å². The van der Waals surface area contributed by atoms with Gasteiger partial charge in [-0.05, 0) is 67.4 Å². The van der Waals surface area contributed by atoms with Gasteiger partial charge in [-0.3, -0.25) is 0 Å². The average Bonchev–Trinajstić information content (AvgIpc) is 2.64. The number of aryl methyl sites for hydroxylation is 2. The highest BCUT2D eigenvalue weighted by Crippen LogP contribution is 2.28. The van der Waals surface area contributed by atoms with E-state index >= 15 is 0 Å². The van der Waals surface area contributed by atoms with Crippen molar-refractivity contribution in [2.45, 2.75) is 19.8 Å². The van der Waals surface area contributed by atoms with E-state index in [1.165, 1.54) is 5.56 Å². The van der Waals surface area contributed by atoms with E-state index in [0.717, 1.165) is 47.2 Å². The van der Waals surface area contributed by atoms with Crippen LogP contribution in [-0.4, -0.2) is 37.8 Å². The van der Waals surface area contributed by atoms with Gasteiger partial charge in [-0.15, -0.1) is 0 Å². The monoisotopic (exact) mass is 392 g/mol. The van der Waals surface area contributed by atoms with E-state index in [0.29, 0.717) is 5.11 Å². The number of rotatable bonds is 7. The molecule has 0 saturated carbocycles. The van der Waals surface area contributed by atoms with Crippen molar-refractivity contribution in [2.24, 2.45) is 0 Å². The summed E-state index contributed by atoms with van der Waals surface area (Å²) >= 11 is 11.6. The number of hydrogen-bond donors (Lipinski definition) is 1. The maximum Gasteiger partial charge on any atom is 0.173 e. The van der Waals surface area contributed by atoms with Crippen LogP contribution in [0.15, 0.2) is 36.4 Å². The standard InChI is InChI=1S/C20H25ClN2O2S/c1-14-7-9-16(13-17(14)21)22-20(26)23(2)11-5-6-15-8-10-18(24-3)19(12-15)25-4/h7-10,12-13H,5-6,11H2,1-4H3,(H,22,26). The molecule has 6 heteroatoms. The number of methoxy groups -OCH3 is 2. The van der Waals surface area contributed by atoms with Crippen LogP contribution in [0.4, 0.5) is 5.69 Å². The fraction of sp³-hybridized carbons (Fsp3) is 0.350. The SMILES string of the molecule is COc1ccc(CCCN(C)C(=S)Nc2ccc(C)c(Cl)c2)cc1OC. The Labute approximate surface area is 166 Å². The smallest absolute Gasteiger partial charge is 0.173 e. The first-order valence-corrected chi connectivity index (χ1v) is 9.22. The maximum atomic E-state index is 6.16. The Bertz CT molecular complexity index is 767. The topological polar surface area (TPSA) is 33.7 Å². The number of anilines is 1. The van der Waals surface area contributed by atoms with Gasteiger partial charge in [0, 0.05) is 24.3 Å². The summed E-state index contributed by atoms with van der Waals surface area (Å²) in [4.78, 5) is 2.03. The van der Waals surface area contributed by atoms with Crippen LogP contribution in [0.3, 0.4) is 0 Å². The zero-order valence-electron chi connectivity index (χ0n) is 15.6. The number of benzene rings is 2. The molecule has 0 amide bonds. The fourth-order valence-electron chi connectivity index (χ4n) is 2.55. The van der Waals surface area contributed by atoms with Crippen molar-refractivity contribution < 1.29 is 9.47 Å². The summed E-state index contributed by atoms with van der Waals surface area (Å²) in [6.07, 6.45) is 1.91. The van der Waals surface area contributed by atoms with Gasteiger partial charge in [0.1, 0.15) is 0 Å². The summed E-state index contributed by atoms with van der Waals surface area (Å²) in [7, 11) is 5.28. The minimum Gasteiger partial charge on any atom is -0.493 e. The predicted molar refractivity (Wildman–Crippen MR) is 113 cm³/mol. The number of hydrogen-bond acceptors (Lipinski definition) is 3. The van der Waals surface area contributed by atoms with Gasteiger partial charge in [0.05, 0.1) is 14.2 Å². The van der Waals surface area contributed by atoms with E-state index in [2.05, 4.69) is 11.4 Å². The van der Waals surface area contributed by atoms with Crippen LogP contribution in [0.2, 0.25) is 5.02 Å². The van der Waals surface area contributed by atoms with Crippen molar-refractivity contribution in [3.63, 3.8) is 0 Å². The van der Waals surface area contributed by atoms with Gasteiger partial charge in [0.25, 0.3) is 0 Å². The molecule has 0 aliphatic heterocycles. The van der Waals surface area contributed by atoms with E-state index in [9.17, 15) is 0 Å². The van der Waals surface area contributed by atoms with Gasteiger partial charge in [-0.25, -0.2) is 0 Å². The summed E-state index contributed by atoms with van der Waals surface area (Å²) in [5, 5.41) is 4.64. The molecule has 0 unspecified atom stereocenters. The van der Waals surface area contributed by atoms with Crippen LogP contribution in [0.1, 0.15) is 17.5 Å². The molecule has 26 heavy (non-hydrogen) atoms. The molecule has 2 rings (SSSR count). The molecule has 2 aromatic carbocycles. The second kappa shape index (κ2) is 9.64. The number of halogens is 1. The highest BCUT2D eigenvalue weighted by molar-refractivity contribution is 7.80. The van der Waals surface area contributed by atoms with Crippen molar-refractivity contribution in [3.8, 4) is 11.5 Å². The average molecular weight is 393 g/mol. The lowest BCUT2D eigenvalue weighted by Crippen LogP contribution is -2.32. The van der Waals surface area contributed by atoms with Crippen molar-refractivity contribution >= 4 is 34.6 Å². The number of nitrogens with zero attached hydrogens (tertiary/aromatic N) is 1. The maximum absolute atomic E-state index is 6.16. The number of nitrogens with one attached hydrogen (secondary N) is 1. The van der Waals surface area contributed by atoms with Crippen molar-refractivity contribution in [1.82, 2.24) is 4.90 Å². The number of thiocarbonyl (C=S) groups is 1. The molecular weight excluding hydrogens is 368 g/mol. The summed E-state index contributed by atoms with van der Waals surface area (Å²) in [5.74, 6) is 1.50. The first-order valence-electron chi connectivity index (χ1n) is 8.43. The third kappa shape index (κ3) is 5.51. The predicted octanol–water partition coefficient (Wildman–Crippen LogP) is 4.93. The van der Waals surface area contributed by atoms with Crippen molar-refractivity contribution in [2.75, 3.05) is 33.1 Å². The first kappa shape index (κ1) is 20.3. The zero-order chi connectivity index (χ0) is 19.1. The van der Waals surface area contributed by atoms with Gasteiger partial charge < -0.3 is 19.7 Å². The normalized spacial score (nSPS) is 10.3. The quantitative estimate of drug-likeness (QED) is 0.676. The van der Waals surface area contributed by atoms with Gasteiger partial charge in [0.2, 0.25) is 0 Å². The minimum absolute atomic E-state index is 0.678. The fourth-order valence-corrected chi connectivity index (χ4v) is 2.94. The Balaban J connectivity index is 1.85. The Morgan fingerprint density at radius 3 is 2.50 bits per heavy atom. The first-order chi connectivity index (χ1) is 12.4. The Hall–Kier alpha value is -1.98. The van der Waals surface area contributed by atoms with Crippen LogP contribution >= 0.6 is 23.8 Å². The van der Waals surface area contributed by atoms with Gasteiger partial charge in [0.15, 0.2) is 16.6 Å². The zero-order valence-corrected chi connectivity index (χ0v) is 17.2. The molecule has 0 atom stereocenters. The second-order valence-corrected chi connectivity index (χ2v) is 6.90. The summed E-state index contributed by atoms with van der Waals surface area (Å²) in [6, 6.07) is 11.9.